The highest BCUT2D eigenvalue weighted by atomic mass is 16.6. The molecule has 0 aliphatic heterocycles. The van der Waals surface area contributed by atoms with E-state index < -0.39 is 0 Å². The molecule has 392 valence electrons. The van der Waals surface area contributed by atoms with E-state index in [-0.39, 0.29) is 24.1 Å². The molecular weight excluding hydrogens is 813 g/mol. The number of ether oxygens (including phenoxy) is 2. The van der Waals surface area contributed by atoms with E-state index in [1.165, 1.54) is 257 Å². The first-order valence-corrected chi connectivity index (χ1v) is 30.4. The fourth-order valence-corrected chi connectivity index (χ4v) is 10.2. The molecule has 0 aromatic rings. The Balaban J connectivity index is 2.43. The second-order valence-corrected chi connectivity index (χ2v) is 21.3. The number of esters is 2. The van der Waals surface area contributed by atoms with Crippen LogP contribution in [-0.2, 0) is 19.1 Å². The van der Waals surface area contributed by atoms with Crippen molar-refractivity contribution in [3.63, 3.8) is 0 Å². The number of carbonyl (C=O) groups is 2. The van der Waals surface area contributed by atoms with Gasteiger partial charge < -0.3 is 19.3 Å². The van der Waals surface area contributed by atoms with Gasteiger partial charge in [0.15, 0.2) is 0 Å². The van der Waals surface area contributed by atoms with Gasteiger partial charge in [-0.3, -0.25) is 9.59 Å². The van der Waals surface area contributed by atoms with Gasteiger partial charge in [0.25, 0.3) is 0 Å². The molecule has 1 fully saturated rings. The predicted octanol–water partition coefficient (Wildman–Crippen LogP) is 18.5. The van der Waals surface area contributed by atoms with Crippen LogP contribution in [0.4, 0.5) is 0 Å². The average Bonchev–Trinajstić information content (AvgIpc) is 3.32. The Morgan fingerprint density at radius 2 is 0.470 bits per heavy atom. The van der Waals surface area contributed by atoms with E-state index in [1.807, 2.05) is 0 Å². The van der Waals surface area contributed by atoms with E-state index in [9.17, 15) is 9.59 Å². The predicted molar refractivity (Wildman–Crippen MR) is 288 cm³/mol. The van der Waals surface area contributed by atoms with Gasteiger partial charge >= 0.3 is 11.9 Å². The van der Waals surface area contributed by atoms with Crippen LogP contribution in [0.25, 0.3) is 0 Å². The van der Waals surface area contributed by atoms with Gasteiger partial charge in [-0.15, -0.1) is 0 Å². The van der Waals surface area contributed by atoms with Gasteiger partial charge in [0.2, 0.25) is 0 Å². The molecule has 0 amide bonds. The van der Waals surface area contributed by atoms with Crippen molar-refractivity contribution in [3.8, 4) is 0 Å². The molecule has 0 bridgehead atoms. The molecule has 6 heteroatoms. The Kier molecular flexibility index (Phi) is 47.9. The Labute approximate surface area is 413 Å². The maximum atomic E-state index is 13.1. The van der Waals surface area contributed by atoms with Crippen LogP contribution in [0.2, 0.25) is 0 Å². The van der Waals surface area contributed by atoms with Crippen molar-refractivity contribution in [3.05, 3.63) is 0 Å². The summed E-state index contributed by atoms with van der Waals surface area (Å²) in [6, 6.07) is 0. The van der Waals surface area contributed by atoms with E-state index in [1.54, 1.807) is 0 Å². The van der Waals surface area contributed by atoms with Gasteiger partial charge in [-0.2, -0.15) is 0 Å². The lowest BCUT2D eigenvalue weighted by molar-refractivity contribution is -0.158. The second-order valence-electron chi connectivity index (χ2n) is 21.3. The minimum Gasteiger partial charge on any atom is -0.462 e. The molecule has 1 aliphatic rings. The van der Waals surface area contributed by atoms with Crippen LogP contribution < -0.4 is 0 Å². The molecule has 0 aromatic carbocycles. The SMILES string of the molecule is CCCCCCCCCCCCN(CCCCCCCCCCCC)CCC(=O)OC1CCC(OC(=O)CCN(CCCCCCCCCCCC)CCCCCCCCCCCC)CC1. The Morgan fingerprint density at radius 1 is 0.288 bits per heavy atom. The molecular formula is C60H118N2O4. The maximum absolute atomic E-state index is 13.1. The first-order chi connectivity index (χ1) is 32.5. The molecule has 0 heterocycles. The van der Waals surface area contributed by atoms with Crippen molar-refractivity contribution >= 4 is 11.9 Å². The monoisotopic (exact) mass is 931 g/mol. The summed E-state index contributed by atoms with van der Waals surface area (Å²) in [7, 11) is 0. The molecule has 0 radical (unpaired) electrons. The van der Waals surface area contributed by atoms with Crippen LogP contribution in [0.5, 0.6) is 0 Å². The number of carbonyl (C=O) groups excluding carboxylic acids is 2. The van der Waals surface area contributed by atoms with Gasteiger partial charge in [0, 0.05) is 13.1 Å². The lowest BCUT2D eigenvalue weighted by atomic mass is 9.95. The number of hydrogen-bond acceptors (Lipinski definition) is 6. The minimum absolute atomic E-state index is 0.0394. The largest absolute Gasteiger partial charge is 0.462 e. The summed E-state index contributed by atoms with van der Waals surface area (Å²) >= 11 is 0. The number of nitrogens with zero attached hydrogens (tertiary/aromatic N) is 2. The molecule has 0 aromatic heterocycles. The first-order valence-electron chi connectivity index (χ1n) is 30.4. The summed E-state index contributed by atoms with van der Waals surface area (Å²) in [6.07, 6.45) is 58.4. The van der Waals surface area contributed by atoms with Crippen LogP contribution in [0, 0.1) is 0 Å². The van der Waals surface area contributed by atoms with E-state index >= 15 is 0 Å². The molecule has 0 atom stereocenters. The third-order valence-corrected chi connectivity index (χ3v) is 14.8. The standard InChI is InChI=1S/C60H118N2O4/c1-5-9-13-17-21-25-29-33-37-41-51-61(52-42-38-34-30-26-22-18-14-10-6-2)55-49-59(63)65-57-45-47-58(48-46-57)66-60(64)50-56-62(53-43-39-35-31-27-23-19-15-11-7-3)54-44-40-36-32-28-24-20-16-12-8-4/h57-58H,5-56H2,1-4H3. The maximum Gasteiger partial charge on any atom is 0.307 e. The van der Waals surface area contributed by atoms with Gasteiger partial charge in [0.05, 0.1) is 12.8 Å². The lowest BCUT2D eigenvalue weighted by Gasteiger charge is -2.29. The minimum atomic E-state index is -0.0449. The average molecular weight is 932 g/mol. The zero-order chi connectivity index (χ0) is 47.6. The quantitative estimate of drug-likeness (QED) is 0.0447. The molecule has 66 heavy (non-hydrogen) atoms. The molecule has 0 spiro atoms. The summed E-state index contributed by atoms with van der Waals surface area (Å²) in [4.78, 5) is 31.4. The smallest absolute Gasteiger partial charge is 0.307 e. The number of rotatable bonds is 52. The van der Waals surface area contributed by atoms with Gasteiger partial charge in [0.1, 0.15) is 12.2 Å². The van der Waals surface area contributed by atoms with Crippen LogP contribution in [0.3, 0.4) is 0 Å². The van der Waals surface area contributed by atoms with Crippen molar-refractivity contribution < 1.29 is 19.1 Å². The summed E-state index contributed by atoms with van der Waals surface area (Å²) in [5, 5.41) is 0. The van der Waals surface area contributed by atoms with Crippen LogP contribution in [0.15, 0.2) is 0 Å². The summed E-state index contributed by atoms with van der Waals surface area (Å²) in [6.45, 7) is 15.2. The fourth-order valence-electron chi connectivity index (χ4n) is 10.2. The normalized spacial score (nSPS) is 15.3. The highest BCUT2D eigenvalue weighted by molar-refractivity contribution is 5.70. The van der Waals surface area contributed by atoms with Crippen LogP contribution in [0.1, 0.15) is 323 Å². The van der Waals surface area contributed by atoms with Crippen LogP contribution in [-0.4, -0.2) is 73.2 Å². The van der Waals surface area contributed by atoms with Crippen molar-refractivity contribution in [2.75, 3.05) is 39.3 Å². The molecule has 0 N–H and O–H groups in total. The molecule has 1 aliphatic carbocycles. The Morgan fingerprint density at radius 3 is 0.667 bits per heavy atom. The van der Waals surface area contributed by atoms with E-state index in [2.05, 4.69) is 37.5 Å². The Bertz CT molecular complexity index is 873. The Hall–Kier alpha value is -1.14. The van der Waals surface area contributed by atoms with Crippen LogP contribution >= 0.6 is 0 Å². The van der Waals surface area contributed by atoms with Crippen molar-refractivity contribution in [2.24, 2.45) is 0 Å². The van der Waals surface area contributed by atoms with Gasteiger partial charge in [-0.25, -0.2) is 0 Å². The molecule has 0 unspecified atom stereocenters. The third kappa shape index (κ3) is 42.9. The molecule has 1 saturated carbocycles. The summed E-state index contributed by atoms with van der Waals surface area (Å²) < 4.78 is 12.1. The molecule has 6 nitrogen and oxygen atoms in total. The highest BCUT2D eigenvalue weighted by Crippen LogP contribution is 2.25. The van der Waals surface area contributed by atoms with E-state index in [4.69, 9.17) is 9.47 Å². The topological polar surface area (TPSA) is 59.1 Å². The highest BCUT2D eigenvalue weighted by Gasteiger charge is 2.26. The van der Waals surface area contributed by atoms with Gasteiger partial charge in [-0.05, 0) is 77.5 Å². The van der Waals surface area contributed by atoms with Gasteiger partial charge in [-0.1, -0.05) is 259 Å². The van der Waals surface area contributed by atoms with E-state index in [0.717, 1.165) is 65.0 Å². The number of unbranched alkanes of at least 4 members (excludes halogenated alkanes) is 36. The van der Waals surface area contributed by atoms with Crippen molar-refractivity contribution in [1.29, 1.82) is 0 Å². The summed E-state index contributed by atoms with van der Waals surface area (Å²) in [5.74, 6) is -0.0898. The second kappa shape index (κ2) is 50.3. The van der Waals surface area contributed by atoms with E-state index in [0.29, 0.717) is 12.8 Å². The fraction of sp³-hybridized carbons (Fsp3) is 0.967. The van der Waals surface area contributed by atoms with Crippen molar-refractivity contribution in [2.45, 2.75) is 335 Å². The first kappa shape index (κ1) is 62.9. The summed E-state index contributed by atoms with van der Waals surface area (Å²) in [5.41, 5.74) is 0. The van der Waals surface area contributed by atoms with Crippen molar-refractivity contribution in [1.82, 2.24) is 9.80 Å². The number of hydrogen-bond donors (Lipinski definition) is 0. The lowest BCUT2D eigenvalue weighted by Crippen LogP contribution is -2.33. The zero-order valence-corrected chi connectivity index (χ0v) is 45.5. The third-order valence-electron chi connectivity index (χ3n) is 14.8. The molecule has 1 rings (SSSR count). The molecule has 0 saturated heterocycles. The zero-order valence-electron chi connectivity index (χ0n) is 45.5.